The van der Waals surface area contributed by atoms with Gasteiger partial charge in [0.05, 0.1) is 5.41 Å². The first-order valence-electron chi connectivity index (χ1n) is 6.40. The molecule has 1 rings (SSSR count). The number of nitrogens with zero attached hydrogens (tertiary/aromatic N) is 1. The molecule has 0 N–H and O–H groups in total. The van der Waals surface area contributed by atoms with Gasteiger partial charge >= 0.3 is 0 Å². The summed E-state index contributed by atoms with van der Waals surface area (Å²) in [4.78, 5) is 14.5. The lowest BCUT2D eigenvalue weighted by Crippen LogP contribution is -2.49. The fourth-order valence-electron chi connectivity index (χ4n) is 2.35. The number of hydrogen-bond acceptors (Lipinski definition) is 1. The van der Waals surface area contributed by atoms with Gasteiger partial charge in [0.2, 0.25) is 5.91 Å². The molecule has 0 aromatic heterocycles. The molecule has 0 bridgehead atoms. The molecule has 2 nitrogen and oxygen atoms in total. The van der Waals surface area contributed by atoms with Crippen LogP contribution >= 0.6 is 11.6 Å². The predicted octanol–water partition coefficient (Wildman–Crippen LogP) is 3.43. The average Bonchev–Trinajstić information content (AvgIpc) is 2.29. The molecule has 0 aromatic carbocycles. The molecule has 3 heteroatoms. The van der Waals surface area contributed by atoms with Crippen molar-refractivity contribution < 1.29 is 4.79 Å². The third-order valence-electron chi connectivity index (χ3n) is 3.42. The molecule has 1 heterocycles. The topological polar surface area (TPSA) is 20.3 Å². The average molecular weight is 246 g/mol. The highest BCUT2D eigenvalue weighted by atomic mass is 35.5. The summed E-state index contributed by atoms with van der Waals surface area (Å²) < 4.78 is 0. The molecule has 1 fully saturated rings. The summed E-state index contributed by atoms with van der Waals surface area (Å²) in [7, 11) is 0. The van der Waals surface area contributed by atoms with E-state index < -0.39 is 5.41 Å². The van der Waals surface area contributed by atoms with Gasteiger partial charge in [-0.3, -0.25) is 4.79 Å². The molecule has 1 aliphatic heterocycles. The molecule has 0 spiro atoms. The van der Waals surface area contributed by atoms with Crippen molar-refractivity contribution in [3.05, 3.63) is 0 Å². The van der Waals surface area contributed by atoms with E-state index in [2.05, 4.69) is 11.8 Å². The maximum absolute atomic E-state index is 12.4. The number of halogens is 1. The lowest BCUT2D eigenvalue weighted by Gasteiger charge is -2.39. The highest BCUT2D eigenvalue weighted by Gasteiger charge is 2.35. The Morgan fingerprint density at radius 2 is 2.12 bits per heavy atom. The fraction of sp³-hybridized carbons (Fsp3) is 0.923. The highest BCUT2D eigenvalue weighted by molar-refractivity contribution is 6.19. The van der Waals surface area contributed by atoms with E-state index in [0.29, 0.717) is 11.9 Å². The zero-order valence-electron chi connectivity index (χ0n) is 10.8. The summed E-state index contributed by atoms with van der Waals surface area (Å²) in [6, 6.07) is 0.453. The molecular formula is C13H24ClNO. The van der Waals surface area contributed by atoms with E-state index in [0.717, 1.165) is 32.2 Å². The third-order valence-corrected chi connectivity index (χ3v) is 4.09. The van der Waals surface area contributed by atoms with Gasteiger partial charge < -0.3 is 4.90 Å². The van der Waals surface area contributed by atoms with Gasteiger partial charge in [-0.05, 0) is 39.5 Å². The van der Waals surface area contributed by atoms with Crippen LogP contribution in [0, 0.1) is 5.41 Å². The Hall–Kier alpha value is -0.240. The Labute approximate surface area is 104 Å². The van der Waals surface area contributed by atoms with Crippen molar-refractivity contribution in [1.29, 1.82) is 0 Å². The predicted molar refractivity (Wildman–Crippen MR) is 68.8 cm³/mol. The first-order valence-corrected chi connectivity index (χ1v) is 6.93. The molecule has 0 aromatic rings. The van der Waals surface area contributed by atoms with Gasteiger partial charge in [-0.15, -0.1) is 11.6 Å². The molecule has 1 saturated heterocycles. The zero-order chi connectivity index (χ0) is 12.2. The Bertz CT molecular complexity index is 238. The zero-order valence-corrected chi connectivity index (χ0v) is 11.5. The highest BCUT2D eigenvalue weighted by Crippen LogP contribution is 2.28. The van der Waals surface area contributed by atoms with Crippen molar-refractivity contribution in [1.82, 2.24) is 4.90 Å². The van der Waals surface area contributed by atoms with E-state index in [-0.39, 0.29) is 5.91 Å². The van der Waals surface area contributed by atoms with Gasteiger partial charge in [0.1, 0.15) is 0 Å². The van der Waals surface area contributed by atoms with Crippen LogP contribution in [0.1, 0.15) is 52.9 Å². The number of amides is 1. The number of likely N-dealkylation sites (tertiary alicyclic amines) is 1. The molecule has 16 heavy (non-hydrogen) atoms. The van der Waals surface area contributed by atoms with Crippen molar-refractivity contribution in [3.63, 3.8) is 0 Å². The molecule has 1 atom stereocenters. The van der Waals surface area contributed by atoms with Crippen molar-refractivity contribution in [3.8, 4) is 0 Å². The molecule has 1 aliphatic rings. The van der Waals surface area contributed by atoms with E-state index in [9.17, 15) is 4.79 Å². The Morgan fingerprint density at radius 1 is 1.44 bits per heavy atom. The van der Waals surface area contributed by atoms with Crippen LogP contribution in [0.5, 0.6) is 0 Å². The molecule has 0 radical (unpaired) electrons. The summed E-state index contributed by atoms with van der Waals surface area (Å²) >= 11 is 5.88. The van der Waals surface area contributed by atoms with Crippen molar-refractivity contribution in [2.75, 3.05) is 12.4 Å². The summed E-state index contributed by atoms with van der Waals surface area (Å²) in [6.45, 7) is 6.99. The lowest BCUT2D eigenvalue weighted by atomic mass is 9.90. The van der Waals surface area contributed by atoms with Crippen LogP contribution in [0.25, 0.3) is 0 Å². The number of carbonyl (C=O) groups excluding carboxylic acids is 1. The second-order valence-electron chi connectivity index (χ2n) is 5.45. The molecular weight excluding hydrogens is 222 g/mol. The first kappa shape index (κ1) is 13.8. The van der Waals surface area contributed by atoms with Gasteiger partial charge in [-0.2, -0.15) is 0 Å². The van der Waals surface area contributed by atoms with Crippen LogP contribution in [0.15, 0.2) is 0 Å². The summed E-state index contributed by atoms with van der Waals surface area (Å²) in [5.74, 6) is 0.641. The number of alkyl halides is 1. The SMILES string of the molecule is CCCC1CCCCN1C(=O)C(C)(C)CCl. The van der Waals surface area contributed by atoms with Gasteiger partial charge in [-0.1, -0.05) is 13.3 Å². The van der Waals surface area contributed by atoms with Gasteiger partial charge in [0, 0.05) is 18.5 Å². The minimum absolute atomic E-state index is 0.237. The molecule has 0 aliphatic carbocycles. The second-order valence-corrected chi connectivity index (χ2v) is 5.72. The summed E-state index contributed by atoms with van der Waals surface area (Å²) in [5.41, 5.74) is -0.412. The largest absolute Gasteiger partial charge is 0.339 e. The first-order chi connectivity index (χ1) is 7.53. The normalized spacial score (nSPS) is 22.2. The van der Waals surface area contributed by atoms with Gasteiger partial charge in [0.25, 0.3) is 0 Å². The van der Waals surface area contributed by atoms with Crippen LogP contribution in [-0.4, -0.2) is 29.3 Å². The van der Waals surface area contributed by atoms with E-state index in [1.165, 1.54) is 6.42 Å². The van der Waals surface area contributed by atoms with Crippen LogP contribution in [0.2, 0.25) is 0 Å². The van der Waals surface area contributed by atoms with Crippen LogP contribution in [0.4, 0.5) is 0 Å². The maximum Gasteiger partial charge on any atom is 0.229 e. The van der Waals surface area contributed by atoms with Gasteiger partial charge in [0.15, 0.2) is 0 Å². The molecule has 1 amide bonds. The molecule has 0 saturated carbocycles. The van der Waals surface area contributed by atoms with E-state index in [1.54, 1.807) is 0 Å². The van der Waals surface area contributed by atoms with Crippen molar-refractivity contribution >= 4 is 17.5 Å². The van der Waals surface area contributed by atoms with E-state index in [4.69, 9.17) is 11.6 Å². The Balaban J connectivity index is 2.71. The minimum atomic E-state index is -0.412. The third kappa shape index (κ3) is 3.13. The summed E-state index contributed by atoms with van der Waals surface area (Å²) in [6.07, 6.45) is 5.85. The maximum atomic E-state index is 12.4. The minimum Gasteiger partial charge on any atom is -0.339 e. The Kier molecular flexibility index (Phi) is 5.10. The standard InChI is InChI=1S/C13H24ClNO/c1-4-7-11-8-5-6-9-15(11)12(16)13(2,3)10-14/h11H,4-10H2,1-3H3. The van der Waals surface area contributed by atoms with Gasteiger partial charge in [-0.25, -0.2) is 0 Å². The van der Waals surface area contributed by atoms with Crippen LogP contribution in [0.3, 0.4) is 0 Å². The smallest absolute Gasteiger partial charge is 0.229 e. The number of carbonyl (C=O) groups is 1. The number of rotatable bonds is 4. The monoisotopic (exact) mass is 245 g/mol. The van der Waals surface area contributed by atoms with Crippen molar-refractivity contribution in [2.45, 2.75) is 58.9 Å². The summed E-state index contributed by atoms with van der Waals surface area (Å²) in [5, 5.41) is 0. The Morgan fingerprint density at radius 3 is 2.69 bits per heavy atom. The quantitative estimate of drug-likeness (QED) is 0.695. The second kappa shape index (κ2) is 5.90. The fourth-order valence-corrected chi connectivity index (χ4v) is 2.46. The number of hydrogen-bond donors (Lipinski definition) is 0. The van der Waals surface area contributed by atoms with E-state index >= 15 is 0 Å². The van der Waals surface area contributed by atoms with Crippen molar-refractivity contribution in [2.24, 2.45) is 5.41 Å². The lowest BCUT2D eigenvalue weighted by molar-refractivity contribution is -0.143. The number of piperidine rings is 1. The van der Waals surface area contributed by atoms with E-state index in [1.807, 2.05) is 13.8 Å². The molecule has 1 unspecified atom stereocenters. The molecule has 94 valence electrons. The van der Waals surface area contributed by atoms with Crippen LogP contribution < -0.4 is 0 Å². The van der Waals surface area contributed by atoms with Crippen LogP contribution in [-0.2, 0) is 4.79 Å².